The molecule has 1 atom stereocenters. The third-order valence-electron chi connectivity index (χ3n) is 5.14. The maximum absolute atomic E-state index is 13.3. The van der Waals surface area contributed by atoms with Crippen LogP contribution in [0.15, 0.2) is 77.9 Å². The monoisotopic (exact) mass is 412 g/mol. The van der Waals surface area contributed by atoms with E-state index in [1.165, 1.54) is 5.56 Å². The normalized spacial score (nSPS) is 16.2. The first-order valence-corrected chi connectivity index (χ1v) is 10.2. The van der Waals surface area contributed by atoms with Crippen molar-refractivity contribution in [1.82, 2.24) is 9.88 Å². The Hall–Kier alpha value is -3.64. The lowest BCUT2D eigenvalue weighted by atomic mass is 9.89. The highest BCUT2D eigenvalue weighted by Crippen LogP contribution is 2.31. The van der Waals surface area contributed by atoms with Gasteiger partial charge in [-0.1, -0.05) is 48.5 Å². The number of amides is 2. The summed E-state index contributed by atoms with van der Waals surface area (Å²) in [7, 11) is 4.08. The fraction of sp³-hybridized carbons (Fsp3) is 0.200. The number of anilines is 1. The van der Waals surface area contributed by atoms with Gasteiger partial charge in [0.1, 0.15) is 5.82 Å². The van der Waals surface area contributed by atoms with Crippen molar-refractivity contribution in [2.75, 3.05) is 19.0 Å². The number of carbonyl (C=O) groups is 2. The molecule has 156 valence electrons. The average molecular weight is 412 g/mol. The summed E-state index contributed by atoms with van der Waals surface area (Å²) in [4.78, 5) is 38.3. The van der Waals surface area contributed by atoms with Crippen LogP contribution in [0, 0.1) is 0 Å². The molecule has 1 unspecified atom stereocenters. The van der Waals surface area contributed by atoms with E-state index in [-0.39, 0.29) is 11.8 Å². The number of nitrogens with zero attached hydrogens (tertiary/aromatic N) is 4. The van der Waals surface area contributed by atoms with Crippen molar-refractivity contribution >= 4 is 23.8 Å². The van der Waals surface area contributed by atoms with Gasteiger partial charge in [-0.15, -0.1) is 0 Å². The summed E-state index contributed by atoms with van der Waals surface area (Å²) in [6, 6.07) is 20.6. The Labute approximate surface area is 181 Å². The summed E-state index contributed by atoms with van der Waals surface area (Å²) in [6.45, 7) is 1.35. The number of rotatable bonds is 6. The lowest BCUT2D eigenvalue weighted by molar-refractivity contribution is -0.118. The summed E-state index contributed by atoms with van der Waals surface area (Å²) >= 11 is 0. The van der Waals surface area contributed by atoms with Crippen LogP contribution < -0.4 is 4.90 Å². The number of benzene rings is 2. The van der Waals surface area contributed by atoms with E-state index in [0.29, 0.717) is 23.5 Å². The van der Waals surface area contributed by atoms with Crippen molar-refractivity contribution < 1.29 is 9.59 Å². The lowest BCUT2D eigenvalue weighted by Crippen LogP contribution is -2.45. The minimum Gasteiger partial charge on any atom is -0.305 e. The van der Waals surface area contributed by atoms with Crippen molar-refractivity contribution in [3.05, 3.63) is 95.2 Å². The van der Waals surface area contributed by atoms with E-state index in [0.717, 1.165) is 17.0 Å². The largest absolute Gasteiger partial charge is 0.305 e. The second-order valence-corrected chi connectivity index (χ2v) is 7.78. The van der Waals surface area contributed by atoms with Crippen LogP contribution in [0.3, 0.4) is 0 Å². The topological polar surface area (TPSA) is 65.9 Å². The summed E-state index contributed by atoms with van der Waals surface area (Å²) in [5.74, 6) is -1.02. The number of imide groups is 1. The number of hydrogen-bond donors (Lipinski definition) is 0. The molecule has 3 aromatic rings. The van der Waals surface area contributed by atoms with Gasteiger partial charge in [0.15, 0.2) is 0 Å². The molecule has 31 heavy (non-hydrogen) atoms. The minimum absolute atomic E-state index is 0.321. The van der Waals surface area contributed by atoms with Crippen molar-refractivity contribution in [2.24, 2.45) is 4.99 Å². The van der Waals surface area contributed by atoms with E-state index < -0.39 is 5.92 Å². The van der Waals surface area contributed by atoms with Gasteiger partial charge in [0.25, 0.3) is 5.91 Å². The molecule has 0 aliphatic carbocycles. The van der Waals surface area contributed by atoms with Crippen LogP contribution >= 0.6 is 0 Å². The molecule has 0 spiro atoms. The van der Waals surface area contributed by atoms with Gasteiger partial charge in [-0.05, 0) is 49.0 Å². The molecular formula is C25H24N4O2. The predicted molar refractivity (Wildman–Crippen MR) is 121 cm³/mol. The third kappa shape index (κ3) is 4.44. The fourth-order valence-corrected chi connectivity index (χ4v) is 3.68. The third-order valence-corrected chi connectivity index (χ3v) is 5.14. The number of aromatic nitrogens is 1. The highest BCUT2D eigenvalue weighted by molar-refractivity contribution is 6.28. The molecule has 2 aromatic carbocycles. The molecule has 0 saturated heterocycles. The molecule has 0 fully saturated rings. The van der Waals surface area contributed by atoms with Crippen molar-refractivity contribution in [2.45, 2.75) is 19.0 Å². The Balaban J connectivity index is 1.58. The van der Waals surface area contributed by atoms with E-state index in [1.54, 1.807) is 42.7 Å². The summed E-state index contributed by atoms with van der Waals surface area (Å²) in [5.41, 5.74) is 3.47. The van der Waals surface area contributed by atoms with Crippen LogP contribution in [0.4, 0.5) is 5.82 Å². The van der Waals surface area contributed by atoms with Crippen LogP contribution in [-0.2, 0) is 17.9 Å². The van der Waals surface area contributed by atoms with Crippen LogP contribution in [0.1, 0.15) is 33.0 Å². The van der Waals surface area contributed by atoms with Crippen LogP contribution in [0.5, 0.6) is 0 Å². The van der Waals surface area contributed by atoms with Gasteiger partial charge < -0.3 is 4.90 Å². The second-order valence-electron chi connectivity index (χ2n) is 7.78. The zero-order chi connectivity index (χ0) is 21.8. The van der Waals surface area contributed by atoms with E-state index in [2.05, 4.69) is 39.1 Å². The summed E-state index contributed by atoms with van der Waals surface area (Å²) in [6.07, 6.45) is 3.22. The molecule has 0 N–H and O–H groups in total. The lowest BCUT2D eigenvalue weighted by Gasteiger charge is -2.30. The molecule has 1 aliphatic rings. The standard InChI is InChI=1S/C25H24N4O2/c1-28(2)17-19-12-10-18(11-13-19)15-26-16-22-20-7-3-4-8-21(20)24(30)29(25(22)31)23-9-5-6-14-27-23/h3-14,16,22H,15,17H2,1-2H3. The average Bonchev–Trinajstić information content (AvgIpc) is 2.78. The molecular weight excluding hydrogens is 388 g/mol. The minimum atomic E-state index is -0.635. The van der Waals surface area contributed by atoms with Gasteiger partial charge in [0.2, 0.25) is 5.91 Å². The maximum atomic E-state index is 13.3. The smallest absolute Gasteiger partial charge is 0.266 e. The van der Waals surface area contributed by atoms with Gasteiger partial charge >= 0.3 is 0 Å². The van der Waals surface area contributed by atoms with Gasteiger partial charge in [-0.2, -0.15) is 0 Å². The van der Waals surface area contributed by atoms with Gasteiger partial charge in [-0.25, -0.2) is 9.88 Å². The predicted octanol–water partition coefficient (Wildman–Crippen LogP) is 3.68. The molecule has 4 rings (SSSR count). The number of carbonyl (C=O) groups excluding carboxylic acids is 2. The fourth-order valence-electron chi connectivity index (χ4n) is 3.68. The van der Waals surface area contributed by atoms with Crippen LogP contribution in [-0.4, -0.2) is 42.0 Å². The molecule has 6 heteroatoms. The molecule has 1 aliphatic heterocycles. The van der Waals surface area contributed by atoms with E-state index in [9.17, 15) is 9.59 Å². The molecule has 6 nitrogen and oxygen atoms in total. The molecule has 0 bridgehead atoms. The quantitative estimate of drug-likeness (QED) is 0.458. The summed E-state index contributed by atoms with van der Waals surface area (Å²) in [5, 5.41) is 0. The number of aliphatic imine (C=N–C) groups is 1. The first-order chi connectivity index (χ1) is 15.0. The Kier molecular flexibility index (Phi) is 6.00. The zero-order valence-corrected chi connectivity index (χ0v) is 17.6. The van der Waals surface area contributed by atoms with Gasteiger partial charge in [0, 0.05) is 24.5 Å². The number of fused-ring (bicyclic) bond motifs is 1. The van der Waals surface area contributed by atoms with E-state index in [1.807, 2.05) is 26.2 Å². The Morgan fingerprint density at radius 1 is 0.968 bits per heavy atom. The maximum Gasteiger partial charge on any atom is 0.266 e. The van der Waals surface area contributed by atoms with Crippen molar-refractivity contribution in [3.8, 4) is 0 Å². The van der Waals surface area contributed by atoms with Gasteiger partial charge in [0.05, 0.1) is 12.5 Å². The molecule has 0 saturated carbocycles. The van der Waals surface area contributed by atoms with E-state index in [4.69, 9.17) is 0 Å². The molecule has 0 radical (unpaired) electrons. The molecule has 2 amide bonds. The molecule has 1 aromatic heterocycles. The first-order valence-electron chi connectivity index (χ1n) is 10.2. The van der Waals surface area contributed by atoms with Crippen LogP contribution in [0.2, 0.25) is 0 Å². The summed E-state index contributed by atoms with van der Waals surface area (Å²) < 4.78 is 0. The number of hydrogen-bond acceptors (Lipinski definition) is 5. The second kappa shape index (κ2) is 9.02. The Morgan fingerprint density at radius 2 is 1.68 bits per heavy atom. The van der Waals surface area contributed by atoms with E-state index >= 15 is 0 Å². The molecule has 2 heterocycles. The Morgan fingerprint density at radius 3 is 2.39 bits per heavy atom. The van der Waals surface area contributed by atoms with Crippen molar-refractivity contribution in [1.29, 1.82) is 0 Å². The Bertz CT molecular complexity index is 1110. The first kappa shape index (κ1) is 20.6. The number of pyridine rings is 1. The highest BCUT2D eigenvalue weighted by atomic mass is 16.2. The SMILES string of the molecule is CN(C)Cc1ccc(CN=CC2C(=O)N(c3ccccn3)C(=O)c3ccccc32)cc1. The highest BCUT2D eigenvalue weighted by Gasteiger charge is 2.39. The van der Waals surface area contributed by atoms with Gasteiger partial charge in [-0.3, -0.25) is 14.6 Å². The zero-order valence-electron chi connectivity index (χ0n) is 17.6. The van der Waals surface area contributed by atoms with Crippen molar-refractivity contribution in [3.63, 3.8) is 0 Å². The van der Waals surface area contributed by atoms with Crippen LogP contribution in [0.25, 0.3) is 0 Å².